The Morgan fingerprint density at radius 3 is 2.81 bits per heavy atom. The molecule has 88 valence electrons. The van der Waals surface area contributed by atoms with Crippen molar-refractivity contribution in [2.24, 2.45) is 5.41 Å². The van der Waals surface area contributed by atoms with E-state index >= 15 is 0 Å². The molecular weight excluding hydrogens is 216 g/mol. The zero-order valence-electron chi connectivity index (χ0n) is 9.13. The third-order valence-electron chi connectivity index (χ3n) is 3.02. The molecule has 1 saturated carbocycles. The van der Waals surface area contributed by atoms with E-state index in [1.807, 2.05) is 6.92 Å². The standard InChI is InChI=1S/C10H13F2N3O/c1-3-15-7(4-5-13-15)14-8(16)9(2)6-10(9,11)12/h4-5H,3,6H2,1-2H3,(H,14,16). The van der Waals surface area contributed by atoms with Crippen molar-refractivity contribution in [3.8, 4) is 0 Å². The number of nitrogens with zero attached hydrogens (tertiary/aromatic N) is 2. The number of aryl methyl sites for hydroxylation is 1. The largest absolute Gasteiger partial charge is 0.310 e. The Morgan fingerprint density at radius 1 is 1.69 bits per heavy atom. The molecule has 1 unspecified atom stereocenters. The molecule has 1 N–H and O–H groups in total. The first kappa shape index (κ1) is 11.0. The number of hydrogen-bond donors (Lipinski definition) is 1. The van der Waals surface area contributed by atoms with Gasteiger partial charge in [0.05, 0.1) is 6.20 Å². The number of alkyl halides is 2. The average Bonchev–Trinajstić information content (AvgIpc) is 2.62. The molecule has 1 fully saturated rings. The van der Waals surface area contributed by atoms with Crippen molar-refractivity contribution < 1.29 is 13.6 Å². The van der Waals surface area contributed by atoms with Crippen molar-refractivity contribution >= 4 is 11.7 Å². The minimum Gasteiger partial charge on any atom is -0.310 e. The molecule has 0 bridgehead atoms. The van der Waals surface area contributed by atoms with E-state index in [0.717, 1.165) is 0 Å². The van der Waals surface area contributed by atoms with Gasteiger partial charge in [0.15, 0.2) is 0 Å². The van der Waals surface area contributed by atoms with Crippen LogP contribution in [0.15, 0.2) is 12.3 Å². The third-order valence-corrected chi connectivity index (χ3v) is 3.02. The summed E-state index contributed by atoms with van der Waals surface area (Å²) in [7, 11) is 0. The van der Waals surface area contributed by atoms with Crippen LogP contribution >= 0.6 is 0 Å². The first-order valence-corrected chi connectivity index (χ1v) is 5.12. The van der Waals surface area contributed by atoms with E-state index in [9.17, 15) is 13.6 Å². The maximum Gasteiger partial charge on any atom is 0.263 e. The van der Waals surface area contributed by atoms with Crippen molar-refractivity contribution in [3.05, 3.63) is 12.3 Å². The normalized spacial score (nSPS) is 26.5. The summed E-state index contributed by atoms with van der Waals surface area (Å²) in [5, 5.41) is 6.42. The summed E-state index contributed by atoms with van der Waals surface area (Å²) in [4.78, 5) is 11.6. The van der Waals surface area contributed by atoms with E-state index in [4.69, 9.17) is 0 Å². The summed E-state index contributed by atoms with van der Waals surface area (Å²) in [6.45, 7) is 3.71. The first-order chi connectivity index (χ1) is 7.40. The van der Waals surface area contributed by atoms with Gasteiger partial charge in [-0.15, -0.1) is 0 Å². The Kier molecular flexibility index (Phi) is 2.25. The molecular formula is C10H13F2N3O. The van der Waals surface area contributed by atoms with Gasteiger partial charge in [0.25, 0.3) is 5.92 Å². The fourth-order valence-corrected chi connectivity index (χ4v) is 1.59. The van der Waals surface area contributed by atoms with Crippen LogP contribution in [0, 0.1) is 5.41 Å². The molecule has 0 aliphatic heterocycles. The molecule has 0 aromatic carbocycles. The van der Waals surface area contributed by atoms with Crippen molar-refractivity contribution in [2.45, 2.75) is 32.7 Å². The quantitative estimate of drug-likeness (QED) is 0.860. The minimum atomic E-state index is -2.88. The summed E-state index contributed by atoms with van der Waals surface area (Å²) in [6.07, 6.45) is 1.14. The predicted octanol–water partition coefficient (Wildman–Crippen LogP) is 1.89. The summed E-state index contributed by atoms with van der Waals surface area (Å²) in [5.41, 5.74) is -1.56. The lowest BCUT2D eigenvalue weighted by atomic mass is 10.1. The highest BCUT2D eigenvalue weighted by molar-refractivity contribution is 5.97. The molecule has 6 heteroatoms. The number of nitrogens with one attached hydrogen (secondary N) is 1. The molecule has 0 spiro atoms. The van der Waals surface area contributed by atoms with Gasteiger partial charge in [-0.05, 0) is 13.8 Å². The molecule has 1 aromatic heterocycles. The number of carbonyl (C=O) groups is 1. The third kappa shape index (κ3) is 1.48. The fourth-order valence-electron chi connectivity index (χ4n) is 1.59. The van der Waals surface area contributed by atoms with Crippen LogP contribution in [0.5, 0.6) is 0 Å². The van der Waals surface area contributed by atoms with Crippen LogP contribution in [0.4, 0.5) is 14.6 Å². The van der Waals surface area contributed by atoms with Gasteiger partial charge in [-0.25, -0.2) is 13.5 Å². The molecule has 1 heterocycles. The van der Waals surface area contributed by atoms with Crippen LogP contribution < -0.4 is 5.32 Å². The Bertz CT molecular complexity index is 429. The van der Waals surface area contributed by atoms with E-state index in [1.165, 1.54) is 13.1 Å². The summed E-state index contributed by atoms with van der Waals surface area (Å²) in [6, 6.07) is 1.59. The predicted molar refractivity (Wildman–Crippen MR) is 54.2 cm³/mol. The summed E-state index contributed by atoms with van der Waals surface area (Å²) >= 11 is 0. The molecule has 1 amide bonds. The molecule has 1 aliphatic rings. The number of aromatic nitrogens is 2. The molecule has 1 aromatic rings. The molecule has 0 saturated heterocycles. The highest BCUT2D eigenvalue weighted by Gasteiger charge is 2.72. The van der Waals surface area contributed by atoms with Crippen LogP contribution in [0.3, 0.4) is 0 Å². The van der Waals surface area contributed by atoms with Gasteiger partial charge in [-0.2, -0.15) is 5.10 Å². The maximum atomic E-state index is 13.0. The smallest absolute Gasteiger partial charge is 0.263 e. The lowest BCUT2D eigenvalue weighted by Gasteiger charge is -2.11. The second kappa shape index (κ2) is 3.26. The van der Waals surface area contributed by atoms with Gasteiger partial charge in [0.2, 0.25) is 5.91 Å². The number of hydrogen-bond acceptors (Lipinski definition) is 2. The fraction of sp³-hybridized carbons (Fsp3) is 0.600. The lowest BCUT2D eigenvalue weighted by molar-refractivity contribution is -0.124. The number of anilines is 1. The molecule has 1 aliphatic carbocycles. The van der Waals surface area contributed by atoms with E-state index in [2.05, 4.69) is 10.4 Å². The van der Waals surface area contributed by atoms with Gasteiger partial charge in [0.1, 0.15) is 11.2 Å². The second-order valence-electron chi connectivity index (χ2n) is 4.20. The molecule has 2 rings (SSSR count). The second-order valence-corrected chi connectivity index (χ2v) is 4.20. The van der Waals surface area contributed by atoms with Gasteiger partial charge in [-0.1, -0.05) is 0 Å². The van der Waals surface area contributed by atoms with Gasteiger partial charge >= 0.3 is 0 Å². The van der Waals surface area contributed by atoms with Crippen molar-refractivity contribution in [3.63, 3.8) is 0 Å². The highest BCUT2D eigenvalue weighted by atomic mass is 19.3. The van der Waals surface area contributed by atoms with Crippen molar-refractivity contribution in [1.82, 2.24) is 9.78 Å². The van der Waals surface area contributed by atoms with Gasteiger partial charge in [0, 0.05) is 19.0 Å². The van der Waals surface area contributed by atoms with Crippen molar-refractivity contribution in [2.75, 3.05) is 5.32 Å². The van der Waals surface area contributed by atoms with Crippen LogP contribution in [0.25, 0.3) is 0 Å². The van der Waals surface area contributed by atoms with E-state index in [1.54, 1.807) is 10.7 Å². The average molecular weight is 229 g/mol. The Morgan fingerprint density at radius 2 is 2.31 bits per heavy atom. The number of carbonyl (C=O) groups excluding carboxylic acids is 1. The molecule has 16 heavy (non-hydrogen) atoms. The zero-order chi connectivity index (χ0) is 12.0. The Labute approximate surface area is 91.6 Å². The Balaban J connectivity index is 2.10. The van der Waals surface area contributed by atoms with Crippen molar-refractivity contribution in [1.29, 1.82) is 0 Å². The topological polar surface area (TPSA) is 46.9 Å². The van der Waals surface area contributed by atoms with Crippen LogP contribution in [0.1, 0.15) is 20.3 Å². The minimum absolute atomic E-state index is 0.383. The van der Waals surface area contributed by atoms with E-state index in [0.29, 0.717) is 12.4 Å². The highest BCUT2D eigenvalue weighted by Crippen LogP contribution is 2.60. The number of amides is 1. The molecule has 4 nitrogen and oxygen atoms in total. The summed E-state index contributed by atoms with van der Waals surface area (Å²) < 4.78 is 27.5. The van der Waals surface area contributed by atoms with Gasteiger partial charge in [-0.3, -0.25) is 4.79 Å². The number of rotatable bonds is 3. The zero-order valence-corrected chi connectivity index (χ0v) is 9.13. The lowest BCUT2D eigenvalue weighted by Crippen LogP contribution is -2.27. The Hall–Kier alpha value is -1.46. The monoisotopic (exact) mass is 229 g/mol. The van der Waals surface area contributed by atoms with Crippen LogP contribution in [0.2, 0.25) is 0 Å². The van der Waals surface area contributed by atoms with E-state index < -0.39 is 17.2 Å². The van der Waals surface area contributed by atoms with Crippen LogP contribution in [-0.2, 0) is 11.3 Å². The number of halogens is 2. The maximum absolute atomic E-state index is 13.0. The van der Waals surface area contributed by atoms with E-state index in [-0.39, 0.29) is 6.42 Å². The summed E-state index contributed by atoms with van der Waals surface area (Å²) in [5.74, 6) is -3.07. The molecule has 0 radical (unpaired) electrons. The molecule has 1 atom stereocenters. The SMILES string of the molecule is CCn1nccc1NC(=O)C1(C)CC1(F)F. The van der Waals surface area contributed by atoms with Gasteiger partial charge < -0.3 is 5.32 Å². The first-order valence-electron chi connectivity index (χ1n) is 5.12. The van der Waals surface area contributed by atoms with Crippen LogP contribution in [-0.4, -0.2) is 21.6 Å².